The molecule has 2 aromatic heterocycles. The summed E-state index contributed by atoms with van der Waals surface area (Å²) >= 11 is 0. The largest absolute Gasteiger partial charge is 0.350 e. The summed E-state index contributed by atoms with van der Waals surface area (Å²) in [5.41, 5.74) is 0.514. The molecule has 0 aromatic carbocycles. The molecule has 0 spiro atoms. The summed E-state index contributed by atoms with van der Waals surface area (Å²) in [7, 11) is 0. The van der Waals surface area contributed by atoms with Crippen LogP contribution in [0.5, 0.6) is 0 Å². The van der Waals surface area contributed by atoms with Gasteiger partial charge in [0.05, 0.1) is 6.20 Å². The monoisotopic (exact) mass is 263 g/mol. The minimum absolute atomic E-state index is 0.0890. The molecule has 0 amide bonds. The van der Waals surface area contributed by atoms with E-state index < -0.39 is 0 Å². The molecule has 0 aliphatic rings. The van der Waals surface area contributed by atoms with Crippen LogP contribution >= 0.6 is 0 Å². The Hall–Kier alpha value is -1.69. The van der Waals surface area contributed by atoms with Crippen molar-refractivity contribution in [1.82, 2.24) is 24.5 Å². The van der Waals surface area contributed by atoms with Gasteiger partial charge in [-0.15, -0.1) is 5.10 Å². The van der Waals surface area contributed by atoms with Gasteiger partial charge in [0.1, 0.15) is 0 Å². The van der Waals surface area contributed by atoms with Gasteiger partial charge in [-0.25, -0.2) is 13.9 Å². The molecule has 1 unspecified atom stereocenters. The van der Waals surface area contributed by atoms with E-state index in [0.717, 1.165) is 25.8 Å². The van der Waals surface area contributed by atoms with Crippen molar-refractivity contribution < 1.29 is 0 Å². The number of hydrogen-bond acceptors (Lipinski definition) is 4. The van der Waals surface area contributed by atoms with Crippen molar-refractivity contribution in [2.75, 3.05) is 6.54 Å². The van der Waals surface area contributed by atoms with Crippen molar-refractivity contribution in [3.8, 4) is 0 Å². The van der Waals surface area contributed by atoms with Gasteiger partial charge in [0.2, 0.25) is 0 Å². The standard InChI is InChI=1S/C13H21N5O/c1-3-11(15-4-2)6-5-8-18-13(19)17-9-7-14-10-12(17)16-18/h7,9-11,15H,3-6,8H2,1-2H3. The van der Waals surface area contributed by atoms with E-state index in [-0.39, 0.29) is 5.69 Å². The Morgan fingerprint density at radius 1 is 1.42 bits per heavy atom. The molecule has 1 N–H and O–H groups in total. The molecule has 104 valence electrons. The summed E-state index contributed by atoms with van der Waals surface area (Å²) in [6, 6.07) is 0.527. The summed E-state index contributed by atoms with van der Waals surface area (Å²) in [4.78, 5) is 16.0. The lowest BCUT2D eigenvalue weighted by Gasteiger charge is -2.14. The maximum atomic E-state index is 12.0. The highest BCUT2D eigenvalue weighted by Gasteiger charge is 2.08. The van der Waals surface area contributed by atoms with Crippen molar-refractivity contribution in [3.63, 3.8) is 0 Å². The highest BCUT2D eigenvalue weighted by molar-refractivity contribution is 5.31. The lowest BCUT2D eigenvalue weighted by atomic mass is 10.1. The Kier molecular flexibility index (Phi) is 4.68. The first-order valence-electron chi connectivity index (χ1n) is 6.88. The molecular formula is C13H21N5O. The number of rotatable bonds is 7. The number of hydrogen-bond donors (Lipinski definition) is 1. The van der Waals surface area contributed by atoms with E-state index in [0.29, 0.717) is 18.2 Å². The van der Waals surface area contributed by atoms with Crippen LogP contribution in [0.4, 0.5) is 0 Å². The van der Waals surface area contributed by atoms with E-state index in [1.54, 1.807) is 18.6 Å². The zero-order valence-corrected chi connectivity index (χ0v) is 11.5. The maximum absolute atomic E-state index is 12.0. The summed E-state index contributed by atoms with van der Waals surface area (Å²) in [6.45, 7) is 5.93. The van der Waals surface area contributed by atoms with Gasteiger partial charge in [0, 0.05) is 25.0 Å². The number of fused-ring (bicyclic) bond motifs is 1. The molecule has 0 aliphatic carbocycles. The number of nitrogens with one attached hydrogen (secondary N) is 1. The van der Waals surface area contributed by atoms with Crippen LogP contribution in [-0.2, 0) is 6.54 Å². The molecule has 0 saturated carbocycles. The Balaban J connectivity index is 1.98. The van der Waals surface area contributed by atoms with Crippen molar-refractivity contribution in [2.24, 2.45) is 0 Å². The predicted octanol–water partition coefficient (Wildman–Crippen LogP) is 1.06. The van der Waals surface area contributed by atoms with Gasteiger partial charge in [0.25, 0.3) is 0 Å². The average Bonchev–Trinajstić information content (AvgIpc) is 2.75. The van der Waals surface area contributed by atoms with Crippen molar-refractivity contribution in [2.45, 2.75) is 45.7 Å². The first kappa shape index (κ1) is 13.7. The van der Waals surface area contributed by atoms with E-state index in [9.17, 15) is 4.79 Å². The maximum Gasteiger partial charge on any atom is 0.350 e. The van der Waals surface area contributed by atoms with E-state index >= 15 is 0 Å². The lowest BCUT2D eigenvalue weighted by Crippen LogP contribution is -2.29. The van der Waals surface area contributed by atoms with Crippen LogP contribution in [0.25, 0.3) is 5.65 Å². The fourth-order valence-electron chi connectivity index (χ4n) is 2.25. The molecule has 1 atom stereocenters. The van der Waals surface area contributed by atoms with Gasteiger partial charge in [-0.3, -0.25) is 4.98 Å². The third-order valence-corrected chi connectivity index (χ3v) is 3.30. The molecule has 0 fully saturated rings. The molecule has 0 aliphatic heterocycles. The number of nitrogens with zero attached hydrogens (tertiary/aromatic N) is 4. The van der Waals surface area contributed by atoms with Crippen molar-refractivity contribution in [3.05, 3.63) is 29.1 Å². The SMILES string of the molecule is CCNC(CC)CCCn1nc2cnccn2c1=O. The predicted molar refractivity (Wildman–Crippen MR) is 74.2 cm³/mol. The van der Waals surface area contributed by atoms with Crippen molar-refractivity contribution in [1.29, 1.82) is 0 Å². The Morgan fingerprint density at radius 3 is 2.95 bits per heavy atom. The molecule has 0 saturated heterocycles. The molecular weight excluding hydrogens is 242 g/mol. The van der Waals surface area contributed by atoms with Gasteiger partial charge in [-0.05, 0) is 25.8 Å². The second-order valence-corrected chi connectivity index (χ2v) is 4.62. The van der Waals surface area contributed by atoms with Crippen LogP contribution in [-0.4, -0.2) is 31.8 Å². The summed E-state index contributed by atoms with van der Waals surface area (Å²) in [5, 5.41) is 7.70. The normalized spacial score (nSPS) is 12.9. The number of aryl methyl sites for hydroxylation is 1. The van der Waals surface area contributed by atoms with Gasteiger partial charge in [-0.2, -0.15) is 0 Å². The van der Waals surface area contributed by atoms with E-state index in [1.165, 1.54) is 9.08 Å². The fourth-order valence-corrected chi connectivity index (χ4v) is 2.25. The Labute approximate surface area is 112 Å². The Morgan fingerprint density at radius 2 is 2.26 bits per heavy atom. The van der Waals surface area contributed by atoms with Gasteiger partial charge in [0.15, 0.2) is 5.65 Å². The van der Waals surface area contributed by atoms with Crippen LogP contribution in [0, 0.1) is 0 Å². The third kappa shape index (κ3) is 3.20. The molecule has 6 nitrogen and oxygen atoms in total. The minimum atomic E-state index is -0.0890. The summed E-state index contributed by atoms with van der Waals surface area (Å²) in [5.74, 6) is 0. The summed E-state index contributed by atoms with van der Waals surface area (Å²) in [6.07, 6.45) is 7.96. The van der Waals surface area contributed by atoms with Crippen LogP contribution in [0.1, 0.15) is 33.1 Å². The number of aromatic nitrogens is 4. The topological polar surface area (TPSA) is 64.2 Å². The van der Waals surface area contributed by atoms with Crippen LogP contribution in [0.15, 0.2) is 23.4 Å². The first-order chi connectivity index (χ1) is 9.26. The van der Waals surface area contributed by atoms with Gasteiger partial charge in [-0.1, -0.05) is 13.8 Å². The Bertz CT molecular complexity index is 574. The second kappa shape index (κ2) is 6.47. The molecule has 2 rings (SSSR count). The fraction of sp³-hybridized carbons (Fsp3) is 0.615. The van der Waals surface area contributed by atoms with E-state index in [4.69, 9.17) is 0 Å². The van der Waals surface area contributed by atoms with Gasteiger partial charge >= 0.3 is 5.69 Å². The minimum Gasteiger partial charge on any atom is -0.314 e. The molecule has 2 aromatic rings. The highest BCUT2D eigenvalue weighted by Crippen LogP contribution is 2.03. The average molecular weight is 263 g/mol. The molecule has 6 heteroatoms. The van der Waals surface area contributed by atoms with E-state index in [1.807, 2.05) is 0 Å². The van der Waals surface area contributed by atoms with Gasteiger partial charge < -0.3 is 5.32 Å². The second-order valence-electron chi connectivity index (χ2n) is 4.62. The molecule has 2 heterocycles. The smallest absolute Gasteiger partial charge is 0.314 e. The quantitative estimate of drug-likeness (QED) is 0.811. The summed E-state index contributed by atoms with van der Waals surface area (Å²) < 4.78 is 3.05. The molecule has 0 radical (unpaired) electrons. The zero-order chi connectivity index (χ0) is 13.7. The molecule has 0 bridgehead atoms. The van der Waals surface area contributed by atoms with E-state index in [2.05, 4.69) is 29.2 Å². The zero-order valence-electron chi connectivity index (χ0n) is 11.5. The van der Waals surface area contributed by atoms with Crippen LogP contribution in [0.2, 0.25) is 0 Å². The third-order valence-electron chi connectivity index (χ3n) is 3.30. The van der Waals surface area contributed by atoms with Crippen molar-refractivity contribution >= 4 is 5.65 Å². The molecule has 19 heavy (non-hydrogen) atoms. The highest BCUT2D eigenvalue weighted by atomic mass is 16.2. The first-order valence-corrected chi connectivity index (χ1v) is 6.88. The van der Waals surface area contributed by atoms with Crippen LogP contribution in [0.3, 0.4) is 0 Å². The van der Waals surface area contributed by atoms with Crippen LogP contribution < -0.4 is 11.0 Å². The lowest BCUT2D eigenvalue weighted by molar-refractivity contribution is 0.436.